The summed E-state index contributed by atoms with van der Waals surface area (Å²) in [5.41, 5.74) is 1.75. The molecule has 0 saturated carbocycles. The highest BCUT2D eigenvalue weighted by molar-refractivity contribution is 7.90. The van der Waals surface area contributed by atoms with Gasteiger partial charge in [-0.05, 0) is 73.3 Å². The van der Waals surface area contributed by atoms with Crippen molar-refractivity contribution in [2.45, 2.75) is 30.2 Å². The first-order valence-electron chi connectivity index (χ1n) is 13.8. The summed E-state index contributed by atoms with van der Waals surface area (Å²) >= 11 is 0. The Bertz CT molecular complexity index is 1960. The number of aromatic nitrogens is 4. The number of benzene rings is 2. The maximum Gasteiger partial charge on any atom is 0.295 e. The number of hydrogen-bond acceptors (Lipinski definition) is 9. The maximum absolute atomic E-state index is 14.4. The van der Waals surface area contributed by atoms with Gasteiger partial charge in [0.1, 0.15) is 5.65 Å². The molecular formula is C31H29FN6O4S. The van der Waals surface area contributed by atoms with Crippen LogP contribution in [0.3, 0.4) is 0 Å². The average molecular weight is 601 g/mol. The minimum Gasteiger partial charge on any atom is -0.448 e. The average Bonchev–Trinajstić information content (AvgIpc) is 3.01. The second-order valence-corrected chi connectivity index (χ2v) is 12.4. The highest BCUT2D eigenvalue weighted by Gasteiger charge is 2.20. The van der Waals surface area contributed by atoms with E-state index in [1.807, 2.05) is 12.1 Å². The molecule has 3 aromatic heterocycles. The van der Waals surface area contributed by atoms with Crippen LogP contribution in [0.4, 0.5) is 16.0 Å². The predicted molar refractivity (Wildman–Crippen MR) is 161 cm³/mol. The van der Waals surface area contributed by atoms with Crippen molar-refractivity contribution in [3.63, 3.8) is 0 Å². The number of nitrogens with one attached hydrogen (secondary N) is 2. The Hall–Kier alpha value is -4.68. The standard InChI is InChI=1S/C31H29FN6O4S/c1-43(40,41)28-9-5-15-34-25(28)19-38-29-22(16-27(30(38)39)42-26-8-3-2-7-24(26)32)18-35-31(37-29)36-23-12-10-20(11-13-23)21-6-4-14-33-17-21/h2-3,5,7-13,15-16,18,21,33H,4,6,14,17,19H2,1H3,(H,35,36,37). The Morgan fingerprint density at radius 1 is 1.07 bits per heavy atom. The van der Waals surface area contributed by atoms with Crippen molar-refractivity contribution in [3.8, 4) is 11.5 Å². The van der Waals surface area contributed by atoms with Gasteiger partial charge < -0.3 is 15.4 Å². The molecule has 12 heteroatoms. The Kier molecular flexibility index (Phi) is 7.87. The number of para-hydroxylation sites is 1. The summed E-state index contributed by atoms with van der Waals surface area (Å²) in [7, 11) is -3.65. The van der Waals surface area contributed by atoms with Gasteiger partial charge in [-0.3, -0.25) is 14.3 Å². The third-order valence-electron chi connectivity index (χ3n) is 7.34. The van der Waals surface area contributed by atoms with Gasteiger partial charge in [0.15, 0.2) is 27.2 Å². The largest absolute Gasteiger partial charge is 0.448 e. The number of hydrogen-bond donors (Lipinski definition) is 2. The zero-order valence-electron chi connectivity index (χ0n) is 23.3. The van der Waals surface area contributed by atoms with E-state index in [4.69, 9.17) is 4.74 Å². The van der Waals surface area contributed by atoms with Gasteiger partial charge in [-0.1, -0.05) is 24.3 Å². The summed E-state index contributed by atoms with van der Waals surface area (Å²) in [5, 5.41) is 7.05. The number of ether oxygens (including phenoxy) is 1. The predicted octanol–water partition coefficient (Wildman–Crippen LogP) is 4.78. The Balaban J connectivity index is 1.40. The van der Waals surface area contributed by atoms with Gasteiger partial charge in [0.25, 0.3) is 5.56 Å². The lowest BCUT2D eigenvalue weighted by Gasteiger charge is -2.23. The fraction of sp³-hybridized carbons (Fsp3) is 0.226. The third kappa shape index (κ3) is 6.25. The summed E-state index contributed by atoms with van der Waals surface area (Å²) in [5.74, 6) is -0.240. The molecule has 220 valence electrons. The van der Waals surface area contributed by atoms with Gasteiger partial charge in [-0.25, -0.2) is 17.8 Å². The van der Waals surface area contributed by atoms with Crippen molar-refractivity contribution in [3.05, 3.63) is 107 Å². The van der Waals surface area contributed by atoms with Crippen LogP contribution in [0.1, 0.15) is 30.0 Å². The molecule has 43 heavy (non-hydrogen) atoms. The van der Waals surface area contributed by atoms with Crippen LogP contribution in [-0.2, 0) is 16.4 Å². The fourth-order valence-corrected chi connectivity index (χ4v) is 6.06. The molecule has 1 atom stereocenters. The Labute approximate surface area is 247 Å². The van der Waals surface area contributed by atoms with E-state index in [0.29, 0.717) is 11.3 Å². The molecule has 1 unspecified atom stereocenters. The van der Waals surface area contributed by atoms with Crippen LogP contribution in [0.15, 0.2) is 88.8 Å². The lowest BCUT2D eigenvalue weighted by Crippen LogP contribution is -2.28. The fourth-order valence-electron chi connectivity index (χ4n) is 5.19. The minimum absolute atomic E-state index is 0.0175. The van der Waals surface area contributed by atoms with E-state index >= 15 is 0 Å². The molecule has 1 aliphatic heterocycles. The highest BCUT2D eigenvalue weighted by Crippen LogP contribution is 2.27. The molecular weight excluding hydrogens is 571 g/mol. The van der Waals surface area contributed by atoms with Crippen molar-refractivity contribution in [2.75, 3.05) is 24.7 Å². The molecule has 0 spiro atoms. The SMILES string of the molecule is CS(=O)(=O)c1cccnc1Cn1c(=O)c(Oc2ccccc2F)cc2cnc(Nc3ccc(C4CCCNC4)cc3)nc21. The molecule has 5 aromatic rings. The smallest absolute Gasteiger partial charge is 0.295 e. The monoisotopic (exact) mass is 600 g/mol. The summed E-state index contributed by atoms with van der Waals surface area (Å²) in [6, 6.07) is 18.2. The van der Waals surface area contributed by atoms with E-state index in [-0.39, 0.29) is 40.2 Å². The topological polar surface area (TPSA) is 128 Å². The number of fused-ring (bicyclic) bond motifs is 1. The van der Waals surface area contributed by atoms with E-state index in [1.54, 1.807) is 6.07 Å². The zero-order chi connectivity index (χ0) is 30.0. The number of piperidine rings is 1. The van der Waals surface area contributed by atoms with Crippen LogP contribution < -0.4 is 20.9 Å². The summed E-state index contributed by atoms with van der Waals surface area (Å²) in [4.78, 5) is 27.1. The second-order valence-electron chi connectivity index (χ2n) is 10.4. The van der Waals surface area contributed by atoms with Gasteiger partial charge in [0.2, 0.25) is 5.95 Å². The van der Waals surface area contributed by atoms with E-state index in [0.717, 1.165) is 37.9 Å². The first kappa shape index (κ1) is 28.4. The molecule has 0 bridgehead atoms. The van der Waals surface area contributed by atoms with E-state index < -0.39 is 21.2 Å². The first-order chi connectivity index (χ1) is 20.8. The number of pyridine rings is 2. The van der Waals surface area contributed by atoms with Crippen molar-refractivity contribution in [2.24, 2.45) is 0 Å². The van der Waals surface area contributed by atoms with Crippen molar-refractivity contribution in [1.82, 2.24) is 24.8 Å². The molecule has 0 aliphatic carbocycles. The highest BCUT2D eigenvalue weighted by atomic mass is 32.2. The van der Waals surface area contributed by atoms with Crippen LogP contribution in [-0.4, -0.2) is 47.3 Å². The molecule has 10 nitrogen and oxygen atoms in total. The van der Waals surface area contributed by atoms with E-state index in [2.05, 4.69) is 37.7 Å². The van der Waals surface area contributed by atoms with Crippen molar-refractivity contribution < 1.29 is 17.5 Å². The number of anilines is 2. The molecule has 0 amide bonds. The number of nitrogens with zero attached hydrogens (tertiary/aromatic N) is 4. The lowest BCUT2D eigenvalue weighted by molar-refractivity contribution is 0.433. The lowest BCUT2D eigenvalue weighted by atomic mass is 9.92. The number of halogens is 1. The summed E-state index contributed by atoms with van der Waals surface area (Å²) in [6.07, 6.45) is 6.34. The molecule has 6 rings (SSSR count). The first-order valence-corrected chi connectivity index (χ1v) is 15.7. The van der Waals surface area contributed by atoms with E-state index in [9.17, 15) is 17.6 Å². The molecule has 1 aliphatic rings. The van der Waals surface area contributed by atoms with Gasteiger partial charge >= 0.3 is 0 Å². The number of rotatable bonds is 8. The summed E-state index contributed by atoms with van der Waals surface area (Å²) < 4.78 is 46.3. The van der Waals surface area contributed by atoms with Gasteiger partial charge in [-0.15, -0.1) is 0 Å². The van der Waals surface area contributed by atoms with Gasteiger partial charge in [0.05, 0.1) is 17.1 Å². The number of sulfone groups is 1. The third-order valence-corrected chi connectivity index (χ3v) is 8.51. The molecule has 2 N–H and O–H groups in total. The maximum atomic E-state index is 14.4. The van der Waals surface area contributed by atoms with Gasteiger partial charge in [-0.2, -0.15) is 4.98 Å². The Morgan fingerprint density at radius 2 is 1.88 bits per heavy atom. The molecule has 0 radical (unpaired) electrons. The molecule has 2 aromatic carbocycles. The van der Waals surface area contributed by atoms with Crippen LogP contribution in [0.2, 0.25) is 0 Å². The van der Waals surface area contributed by atoms with Crippen LogP contribution in [0.5, 0.6) is 11.5 Å². The molecule has 4 heterocycles. The van der Waals surface area contributed by atoms with Gasteiger partial charge in [0, 0.05) is 36.3 Å². The van der Waals surface area contributed by atoms with Crippen LogP contribution in [0.25, 0.3) is 11.0 Å². The quantitative estimate of drug-likeness (QED) is 0.259. The normalized spacial score (nSPS) is 15.3. The van der Waals surface area contributed by atoms with E-state index in [1.165, 1.54) is 58.9 Å². The Morgan fingerprint density at radius 3 is 2.63 bits per heavy atom. The van der Waals surface area contributed by atoms with Crippen molar-refractivity contribution >= 4 is 32.5 Å². The van der Waals surface area contributed by atoms with Crippen molar-refractivity contribution in [1.29, 1.82) is 0 Å². The zero-order valence-corrected chi connectivity index (χ0v) is 24.1. The summed E-state index contributed by atoms with van der Waals surface area (Å²) in [6.45, 7) is 1.78. The second kappa shape index (κ2) is 11.9. The minimum atomic E-state index is -3.65. The van der Waals surface area contributed by atoms with Crippen LogP contribution in [0, 0.1) is 5.82 Å². The molecule has 1 fully saturated rings. The molecule has 1 saturated heterocycles. The van der Waals surface area contributed by atoms with Crippen LogP contribution >= 0.6 is 0 Å².